The van der Waals surface area contributed by atoms with Crippen molar-refractivity contribution in [3.8, 4) is 10.7 Å². The summed E-state index contributed by atoms with van der Waals surface area (Å²) in [6, 6.07) is 14.3. The molecular formula is C16H13N3S. The lowest BCUT2D eigenvalue weighted by Gasteiger charge is -1.99. The minimum absolute atomic E-state index is 0.910. The SMILES string of the molecule is CCc1nc2ccccn2c1-c1nc2ccccc2s1. The minimum atomic E-state index is 0.910. The fraction of sp³-hybridized carbons (Fsp3) is 0.125. The van der Waals surface area contributed by atoms with Crippen LogP contribution in [-0.4, -0.2) is 14.4 Å². The number of thiazole rings is 1. The molecule has 0 fully saturated rings. The van der Waals surface area contributed by atoms with Gasteiger partial charge in [0.05, 0.1) is 15.9 Å². The first-order valence-corrected chi connectivity index (χ1v) is 7.50. The van der Waals surface area contributed by atoms with Crippen molar-refractivity contribution < 1.29 is 0 Å². The number of imidazole rings is 1. The molecular weight excluding hydrogens is 266 g/mol. The maximum atomic E-state index is 4.77. The summed E-state index contributed by atoms with van der Waals surface area (Å²) in [5, 5.41) is 1.04. The average molecular weight is 279 g/mol. The lowest BCUT2D eigenvalue weighted by atomic mass is 10.2. The van der Waals surface area contributed by atoms with Crippen LogP contribution >= 0.6 is 11.3 Å². The van der Waals surface area contributed by atoms with Gasteiger partial charge >= 0.3 is 0 Å². The molecule has 0 saturated carbocycles. The van der Waals surface area contributed by atoms with E-state index >= 15 is 0 Å². The monoisotopic (exact) mass is 279 g/mol. The van der Waals surface area contributed by atoms with Crippen molar-refractivity contribution in [2.75, 3.05) is 0 Å². The molecule has 4 heteroatoms. The first-order chi connectivity index (χ1) is 9.86. The van der Waals surface area contributed by atoms with E-state index in [4.69, 9.17) is 9.97 Å². The zero-order valence-corrected chi connectivity index (χ0v) is 11.9. The summed E-state index contributed by atoms with van der Waals surface area (Å²) in [6.45, 7) is 2.14. The third-order valence-electron chi connectivity index (χ3n) is 3.43. The van der Waals surface area contributed by atoms with Gasteiger partial charge in [0.15, 0.2) is 0 Å². The smallest absolute Gasteiger partial charge is 0.143 e. The number of benzene rings is 1. The van der Waals surface area contributed by atoms with Crippen LogP contribution in [0, 0.1) is 0 Å². The number of para-hydroxylation sites is 1. The Hall–Kier alpha value is -2.20. The van der Waals surface area contributed by atoms with E-state index in [-0.39, 0.29) is 0 Å². The molecule has 1 aromatic carbocycles. The van der Waals surface area contributed by atoms with Gasteiger partial charge in [-0.15, -0.1) is 11.3 Å². The van der Waals surface area contributed by atoms with E-state index < -0.39 is 0 Å². The number of rotatable bonds is 2. The molecule has 0 bridgehead atoms. The molecule has 3 aromatic heterocycles. The quantitative estimate of drug-likeness (QED) is 0.551. The minimum Gasteiger partial charge on any atom is -0.297 e. The van der Waals surface area contributed by atoms with Crippen LogP contribution in [-0.2, 0) is 6.42 Å². The molecule has 3 heterocycles. The Morgan fingerprint density at radius 1 is 1.05 bits per heavy atom. The second kappa shape index (κ2) is 4.42. The molecule has 4 aromatic rings. The Kier molecular flexibility index (Phi) is 2.57. The van der Waals surface area contributed by atoms with Crippen LogP contribution in [0.3, 0.4) is 0 Å². The average Bonchev–Trinajstić information content (AvgIpc) is 3.07. The number of hydrogen-bond acceptors (Lipinski definition) is 3. The predicted molar refractivity (Wildman–Crippen MR) is 83.2 cm³/mol. The van der Waals surface area contributed by atoms with Crippen molar-refractivity contribution in [1.29, 1.82) is 0 Å². The molecule has 98 valence electrons. The molecule has 3 nitrogen and oxygen atoms in total. The first kappa shape index (κ1) is 11.6. The van der Waals surface area contributed by atoms with Gasteiger partial charge in [0, 0.05) is 6.20 Å². The fourth-order valence-corrected chi connectivity index (χ4v) is 3.52. The van der Waals surface area contributed by atoms with Gasteiger partial charge in [-0.05, 0) is 30.7 Å². The predicted octanol–water partition coefficient (Wildman–Crippen LogP) is 4.17. The van der Waals surface area contributed by atoms with Crippen LogP contribution < -0.4 is 0 Å². The molecule has 0 aliphatic rings. The maximum Gasteiger partial charge on any atom is 0.143 e. The van der Waals surface area contributed by atoms with Crippen molar-refractivity contribution in [1.82, 2.24) is 14.4 Å². The van der Waals surface area contributed by atoms with Crippen LogP contribution in [0.4, 0.5) is 0 Å². The summed E-state index contributed by atoms with van der Waals surface area (Å²) >= 11 is 1.73. The van der Waals surface area contributed by atoms with Crippen molar-refractivity contribution in [2.24, 2.45) is 0 Å². The molecule has 0 amide bonds. The van der Waals surface area contributed by atoms with Crippen LogP contribution in [0.25, 0.3) is 26.6 Å². The molecule has 0 atom stereocenters. The van der Waals surface area contributed by atoms with E-state index in [1.54, 1.807) is 11.3 Å². The Labute approximate surface area is 120 Å². The molecule has 20 heavy (non-hydrogen) atoms. The molecule has 0 aliphatic carbocycles. The molecule has 0 spiro atoms. The molecule has 0 radical (unpaired) electrons. The van der Waals surface area contributed by atoms with E-state index in [0.717, 1.165) is 34.0 Å². The van der Waals surface area contributed by atoms with Gasteiger partial charge in [-0.2, -0.15) is 0 Å². The third kappa shape index (κ3) is 1.65. The number of hydrogen-bond donors (Lipinski definition) is 0. The van der Waals surface area contributed by atoms with E-state index in [1.807, 2.05) is 24.3 Å². The number of aromatic nitrogens is 3. The van der Waals surface area contributed by atoms with Gasteiger partial charge in [-0.3, -0.25) is 4.40 Å². The van der Waals surface area contributed by atoms with Crippen molar-refractivity contribution in [3.63, 3.8) is 0 Å². The van der Waals surface area contributed by atoms with Gasteiger partial charge in [0.1, 0.15) is 16.3 Å². The Balaban J connectivity index is 2.05. The van der Waals surface area contributed by atoms with Crippen molar-refractivity contribution >= 4 is 27.2 Å². The topological polar surface area (TPSA) is 30.2 Å². The lowest BCUT2D eigenvalue weighted by molar-refractivity contribution is 1.07. The highest BCUT2D eigenvalue weighted by atomic mass is 32.1. The van der Waals surface area contributed by atoms with Gasteiger partial charge in [0.25, 0.3) is 0 Å². The number of fused-ring (bicyclic) bond motifs is 2. The second-order valence-electron chi connectivity index (χ2n) is 4.68. The summed E-state index contributed by atoms with van der Waals surface area (Å²) in [4.78, 5) is 9.48. The lowest BCUT2D eigenvalue weighted by Crippen LogP contribution is -1.89. The highest BCUT2D eigenvalue weighted by Crippen LogP contribution is 2.32. The van der Waals surface area contributed by atoms with Crippen LogP contribution in [0.2, 0.25) is 0 Å². The zero-order valence-electron chi connectivity index (χ0n) is 11.1. The van der Waals surface area contributed by atoms with Crippen molar-refractivity contribution in [3.05, 3.63) is 54.4 Å². The summed E-state index contributed by atoms with van der Waals surface area (Å²) in [5.74, 6) is 0. The van der Waals surface area contributed by atoms with E-state index in [0.29, 0.717) is 0 Å². The Bertz CT molecular complexity index is 871. The Morgan fingerprint density at radius 3 is 2.75 bits per heavy atom. The number of nitrogens with zero attached hydrogens (tertiary/aromatic N) is 3. The fourth-order valence-electron chi connectivity index (χ4n) is 2.49. The maximum absolute atomic E-state index is 4.77. The van der Waals surface area contributed by atoms with Crippen molar-refractivity contribution in [2.45, 2.75) is 13.3 Å². The zero-order chi connectivity index (χ0) is 13.5. The normalized spacial score (nSPS) is 11.4. The summed E-state index contributed by atoms with van der Waals surface area (Å²) in [7, 11) is 0. The van der Waals surface area contributed by atoms with Crippen LogP contribution in [0.1, 0.15) is 12.6 Å². The number of pyridine rings is 1. The highest BCUT2D eigenvalue weighted by Gasteiger charge is 2.16. The Morgan fingerprint density at radius 2 is 1.90 bits per heavy atom. The van der Waals surface area contributed by atoms with Crippen LogP contribution in [0.5, 0.6) is 0 Å². The van der Waals surface area contributed by atoms with Gasteiger partial charge in [-0.25, -0.2) is 9.97 Å². The molecule has 0 unspecified atom stereocenters. The summed E-state index contributed by atoms with van der Waals surface area (Å²) in [6.07, 6.45) is 2.97. The van der Waals surface area contributed by atoms with Gasteiger partial charge < -0.3 is 0 Å². The summed E-state index contributed by atoms with van der Waals surface area (Å²) < 4.78 is 3.35. The number of aryl methyl sites for hydroxylation is 1. The standard InChI is InChI=1S/C16H13N3S/c1-2-11-15(19-10-6-5-9-14(19)17-11)16-18-12-7-3-4-8-13(12)20-16/h3-10H,2H2,1H3. The largest absolute Gasteiger partial charge is 0.297 e. The van der Waals surface area contributed by atoms with Crippen LogP contribution in [0.15, 0.2) is 48.7 Å². The van der Waals surface area contributed by atoms with E-state index in [2.05, 4.69) is 35.7 Å². The van der Waals surface area contributed by atoms with Gasteiger partial charge in [-0.1, -0.05) is 25.1 Å². The molecule has 0 aliphatic heterocycles. The summed E-state index contributed by atoms with van der Waals surface area (Å²) in [5.41, 5.74) is 4.28. The molecule has 4 rings (SSSR count). The first-order valence-electron chi connectivity index (χ1n) is 6.68. The highest BCUT2D eigenvalue weighted by molar-refractivity contribution is 7.21. The molecule has 0 saturated heterocycles. The second-order valence-corrected chi connectivity index (χ2v) is 5.71. The van der Waals surface area contributed by atoms with Gasteiger partial charge in [0.2, 0.25) is 0 Å². The third-order valence-corrected chi connectivity index (χ3v) is 4.48. The van der Waals surface area contributed by atoms with E-state index in [9.17, 15) is 0 Å². The van der Waals surface area contributed by atoms with E-state index in [1.165, 1.54) is 4.70 Å². The molecule has 0 N–H and O–H groups in total.